The van der Waals surface area contributed by atoms with Crippen molar-refractivity contribution in [2.24, 2.45) is 5.92 Å². The molecule has 6 heteroatoms. The fourth-order valence-electron chi connectivity index (χ4n) is 4.53. The van der Waals surface area contributed by atoms with Crippen LogP contribution in [0.2, 0.25) is 0 Å². The highest BCUT2D eigenvalue weighted by Crippen LogP contribution is 2.29. The van der Waals surface area contributed by atoms with E-state index in [-0.39, 0.29) is 5.91 Å². The number of nitrogens with zero attached hydrogens (tertiary/aromatic N) is 5. The molecular formula is C19H29N5O. The van der Waals surface area contributed by atoms with Gasteiger partial charge in [-0.1, -0.05) is 12.2 Å². The summed E-state index contributed by atoms with van der Waals surface area (Å²) < 4.78 is 2.35. The first-order valence-corrected chi connectivity index (χ1v) is 9.75. The molecule has 1 aliphatic carbocycles. The minimum Gasteiger partial charge on any atom is -0.343 e. The second-order valence-electron chi connectivity index (χ2n) is 7.79. The molecule has 0 unspecified atom stereocenters. The first-order valence-electron chi connectivity index (χ1n) is 9.75. The van der Waals surface area contributed by atoms with Crippen molar-refractivity contribution in [3.63, 3.8) is 0 Å². The average molecular weight is 343 g/mol. The van der Waals surface area contributed by atoms with E-state index in [0.29, 0.717) is 5.92 Å². The molecule has 136 valence electrons. The van der Waals surface area contributed by atoms with Gasteiger partial charge in [-0.2, -0.15) is 0 Å². The lowest BCUT2D eigenvalue weighted by atomic mass is 9.93. The minimum atomic E-state index is 0.190. The number of carbonyl (C=O) groups is 1. The maximum absolute atomic E-state index is 11.5. The Kier molecular flexibility index (Phi) is 4.88. The molecule has 1 atom stereocenters. The van der Waals surface area contributed by atoms with Crippen LogP contribution < -0.4 is 0 Å². The zero-order chi connectivity index (χ0) is 17.2. The zero-order valence-electron chi connectivity index (χ0n) is 15.2. The van der Waals surface area contributed by atoms with Gasteiger partial charge in [0.05, 0.1) is 6.54 Å². The first-order chi connectivity index (χ1) is 12.2. The van der Waals surface area contributed by atoms with Gasteiger partial charge in [0.2, 0.25) is 5.91 Å². The minimum absolute atomic E-state index is 0.190. The number of hydrogen-bond donors (Lipinski definition) is 0. The van der Waals surface area contributed by atoms with Gasteiger partial charge in [0.1, 0.15) is 11.6 Å². The molecule has 4 rings (SSSR count). The highest BCUT2D eigenvalue weighted by molar-refractivity contribution is 5.73. The van der Waals surface area contributed by atoms with Gasteiger partial charge in [0.25, 0.3) is 0 Å². The van der Waals surface area contributed by atoms with Crippen LogP contribution in [0.5, 0.6) is 0 Å². The third kappa shape index (κ3) is 3.64. The Labute approximate surface area is 149 Å². The summed E-state index contributed by atoms with van der Waals surface area (Å²) in [6.07, 6.45) is 10.4. The van der Waals surface area contributed by atoms with Crippen molar-refractivity contribution in [2.45, 2.75) is 58.0 Å². The van der Waals surface area contributed by atoms with Crippen LogP contribution in [-0.4, -0.2) is 56.7 Å². The molecule has 0 N–H and O–H groups in total. The van der Waals surface area contributed by atoms with Crippen LogP contribution in [0.15, 0.2) is 12.2 Å². The standard InChI is InChI=1S/C19H29N5O/c1-15(25)23-9-7-17(8-10-23)19-21-20-18-14-22(11-12-24(18)19)13-16-5-3-2-4-6-16/h2-3,16-17H,4-14H2,1H3/t16-/m1/s1. The average Bonchev–Trinajstić information content (AvgIpc) is 3.06. The molecule has 0 radical (unpaired) electrons. The summed E-state index contributed by atoms with van der Waals surface area (Å²) in [4.78, 5) is 16.0. The van der Waals surface area contributed by atoms with E-state index in [9.17, 15) is 4.79 Å². The maximum Gasteiger partial charge on any atom is 0.219 e. The summed E-state index contributed by atoms with van der Waals surface area (Å²) in [6.45, 7) is 7.59. The van der Waals surface area contributed by atoms with Gasteiger partial charge in [-0.25, -0.2) is 0 Å². The number of piperidine rings is 1. The predicted octanol–water partition coefficient (Wildman–Crippen LogP) is 2.18. The van der Waals surface area contributed by atoms with Crippen LogP contribution in [0.3, 0.4) is 0 Å². The fraction of sp³-hybridized carbons (Fsp3) is 0.737. The fourth-order valence-corrected chi connectivity index (χ4v) is 4.53. The molecule has 1 aromatic rings. The van der Waals surface area contributed by atoms with E-state index in [1.165, 1.54) is 25.8 Å². The maximum atomic E-state index is 11.5. The number of aromatic nitrogens is 3. The zero-order valence-corrected chi connectivity index (χ0v) is 15.2. The highest BCUT2D eigenvalue weighted by Gasteiger charge is 2.29. The summed E-state index contributed by atoms with van der Waals surface area (Å²) in [5, 5.41) is 9.05. The lowest BCUT2D eigenvalue weighted by Crippen LogP contribution is -2.39. The van der Waals surface area contributed by atoms with Crippen LogP contribution in [0.1, 0.15) is 56.6 Å². The Morgan fingerprint density at radius 1 is 1.12 bits per heavy atom. The van der Waals surface area contributed by atoms with Crippen LogP contribution in [0.25, 0.3) is 0 Å². The highest BCUT2D eigenvalue weighted by atomic mass is 16.2. The Balaban J connectivity index is 1.37. The molecule has 0 saturated carbocycles. The van der Waals surface area contributed by atoms with E-state index in [2.05, 4.69) is 31.8 Å². The Morgan fingerprint density at radius 3 is 2.68 bits per heavy atom. The molecule has 0 aromatic carbocycles. The van der Waals surface area contributed by atoms with Gasteiger partial charge in [-0.3, -0.25) is 9.69 Å². The van der Waals surface area contributed by atoms with Crippen LogP contribution >= 0.6 is 0 Å². The molecule has 1 aromatic heterocycles. The Bertz CT molecular complexity index is 644. The van der Waals surface area contributed by atoms with Gasteiger partial charge in [-0.15, -0.1) is 10.2 Å². The van der Waals surface area contributed by atoms with Crippen LogP contribution in [0, 0.1) is 5.92 Å². The van der Waals surface area contributed by atoms with Crippen LogP contribution in [-0.2, 0) is 17.9 Å². The van der Waals surface area contributed by atoms with Crippen molar-refractivity contribution < 1.29 is 4.79 Å². The second-order valence-corrected chi connectivity index (χ2v) is 7.79. The molecule has 6 nitrogen and oxygen atoms in total. The molecule has 0 bridgehead atoms. The summed E-state index contributed by atoms with van der Waals surface area (Å²) in [5.74, 6) is 3.72. The van der Waals surface area contributed by atoms with E-state index in [0.717, 1.165) is 63.1 Å². The molecule has 1 saturated heterocycles. The van der Waals surface area contributed by atoms with E-state index in [4.69, 9.17) is 0 Å². The summed E-state index contributed by atoms with van der Waals surface area (Å²) in [5.41, 5.74) is 0. The van der Waals surface area contributed by atoms with Gasteiger partial charge < -0.3 is 9.47 Å². The molecule has 0 spiro atoms. The van der Waals surface area contributed by atoms with Crippen molar-refractivity contribution >= 4 is 5.91 Å². The number of likely N-dealkylation sites (tertiary alicyclic amines) is 1. The number of carbonyl (C=O) groups excluding carboxylic acids is 1. The van der Waals surface area contributed by atoms with Crippen molar-refractivity contribution in [1.82, 2.24) is 24.6 Å². The molecule has 1 amide bonds. The second kappa shape index (κ2) is 7.28. The largest absolute Gasteiger partial charge is 0.343 e. The monoisotopic (exact) mass is 343 g/mol. The Morgan fingerprint density at radius 2 is 1.96 bits per heavy atom. The lowest BCUT2D eigenvalue weighted by Gasteiger charge is -2.33. The number of rotatable bonds is 3. The first kappa shape index (κ1) is 16.8. The van der Waals surface area contributed by atoms with Crippen molar-refractivity contribution in [3.8, 4) is 0 Å². The molecule has 3 aliphatic rings. The number of amides is 1. The quantitative estimate of drug-likeness (QED) is 0.790. The number of hydrogen-bond acceptors (Lipinski definition) is 4. The SMILES string of the molecule is CC(=O)N1CCC(c2nnc3n2CCN(C[C@@H]2CC=CCC2)C3)CC1. The van der Waals surface area contributed by atoms with Gasteiger partial charge in [-0.05, 0) is 38.0 Å². The summed E-state index contributed by atoms with van der Waals surface area (Å²) in [6, 6.07) is 0. The molecular weight excluding hydrogens is 314 g/mol. The molecule has 1 fully saturated rings. The summed E-state index contributed by atoms with van der Waals surface area (Å²) >= 11 is 0. The third-order valence-corrected chi connectivity index (χ3v) is 6.06. The van der Waals surface area contributed by atoms with Crippen molar-refractivity contribution in [1.29, 1.82) is 0 Å². The van der Waals surface area contributed by atoms with Crippen molar-refractivity contribution in [2.75, 3.05) is 26.2 Å². The van der Waals surface area contributed by atoms with Crippen molar-refractivity contribution in [3.05, 3.63) is 23.8 Å². The van der Waals surface area contributed by atoms with E-state index < -0.39 is 0 Å². The van der Waals surface area contributed by atoms with Gasteiger partial charge in [0.15, 0.2) is 0 Å². The van der Waals surface area contributed by atoms with E-state index in [1.54, 1.807) is 6.92 Å². The molecule has 25 heavy (non-hydrogen) atoms. The third-order valence-electron chi connectivity index (χ3n) is 6.06. The van der Waals surface area contributed by atoms with Gasteiger partial charge in [0, 0.05) is 45.6 Å². The molecule has 3 heterocycles. The number of allylic oxidation sites excluding steroid dienone is 2. The number of fused-ring (bicyclic) bond motifs is 1. The normalized spacial score (nSPS) is 25.2. The van der Waals surface area contributed by atoms with E-state index >= 15 is 0 Å². The lowest BCUT2D eigenvalue weighted by molar-refractivity contribution is -0.129. The predicted molar refractivity (Wildman–Crippen MR) is 96.0 cm³/mol. The van der Waals surface area contributed by atoms with Gasteiger partial charge >= 0.3 is 0 Å². The summed E-state index contributed by atoms with van der Waals surface area (Å²) in [7, 11) is 0. The topological polar surface area (TPSA) is 54.3 Å². The molecule has 2 aliphatic heterocycles. The Hall–Kier alpha value is -1.69. The smallest absolute Gasteiger partial charge is 0.219 e. The van der Waals surface area contributed by atoms with E-state index in [1.807, 2.05) is 4.90 Å². The van der Waals surface area contributed by atoms with Crippen LogP contribution in [0.4, 0.5) is 0 Å².